The van der Waals surface area contributed by atoms with Gasteiger partial charge in [0.25, 0.3) is 0 Å². The van der Waals surface area contributed by atoms with E-state index in [1.165, 1.54) is 64.2 Å². The van der Waals surface area contributed by atoms with E-state index in [-0.39, 0.29) is 7.92 Å². The molecular formula is C24H35P. The van der Waals surface area contributed by atoms with Crippen molar-refractivity contribution in [3.05, 3.63) is 34.9 Å². The summed E-state index contributed by atoms with van der Waals surface area (Å²) in [5, 5.41) is 1.80. The molecule has 0 N–H and O–H groups in total. The van der Waals surface area contributed by atoms with Gasteiger partial charge >= 0.3 is 0 Å². The molecular weight excluding hydrogens is 319 g/mol. The third-order valence-electron chi connectivity index (χ3n) is 7.37. The van der Waals surface area contributed by atoms with E-state index in [0.717, 1.165) is 11.3 Å². The number of rotatable bonds is 3. The molecule has 1 atom stereocenters. The predicted molar refractivity (Wildman–Crippen MR) is 113 cm³/mol. The van der Waals surface area contributed by atoms with Crippen molar-refractivity contribution >= 4 is 18.8 Å². The van der Waals surface area contributed by atoms with Crippen LogP contribution in [0.2, 0.25) is 0 Å². The molecule has 136 valence electrons. The fraction of sp³-hybridized carbons (Fsp3) is 0.667. The Morgan fingerprint density at radius 2 is 1.36 bits per heavy atom. The molecule has 1 heteroatoms. The molecule has 1 aromatic rings. The van der Waals surface area contributed by atoms with Crippen LogP contribution in [0.25, 0.3) is 5.57 Å². The highest BCUT2D eigenvalue weighted by Gasteiger charge is 2.36. The number of allylic oxidation sites excluding steroid dienone is 2. The van der Waals surface area contributed by atoms with E-state index in [1.54, 1.807) is 27.6 Å². The average Bonchev–Trinajstić information content (AvgIpc) is 2.89. The van der Waals surface area contributed by atoms with Crippen molar-refractivity contribution in [2.24, 2.45) is 0 Å². The molecule has 0 amide bonds. The first-order valence-electron chi connectivity index (χ1n) is 10.8. The minimum absolute atomic E-state index is 0.00618. The first-order chi connectivity index (χ1) is 12.2. The molecule has 4 rings (SSSR count). The summed E-state index contributed by atoms with van der Waals surface area (Å²) in [6.07, 6.45) is 14.9. The number of hydrogen-bond acceptors (Lipinski definition) is 0. The summed E-state index contributed by atoms with van der Waals surface area (Å²) in [6.45, 7) is 7.18. The summed E-state index contributed by atoms with van der Waals surface area (Å²) >= 11 is 0. The minimum atomic E-state index is 0.00618. The van der Waals surface area contributed by atoms with Crippen LogP contribution in [-0.2, 0) is 0 Å². The topological polar surface area (TPSA) is 0 Å². The van der Waals surface area contributed by atoms with Crippen LogP contribution in [0, 0.1) is 0 Å². The average molecular weight is 355 g/mol. The molecule has 1 aromatic carbocycles. The molecule has 2 fully saturated rings. The Morgan fingerprint density at radius 3 is 1.92 bits per heavy atom. The largest absolute Gasteiger partial charge is 0.0683 e. The van der Waals surface area contributed by atoms with Crippen LogP contribution in [-0.4, -0.2) is 11.3 Å². The van der Waals surface area contributed by atoms with Crippen molar-refractivity contribution in [3.8, 4) is 0 Å². The van der Waals surface area contributed by atoms with Gasteiger partial charge in [0.2, 0.25) is 0 Å². The second kappa shape index (κ2) is 7.56. The van der Waals surface area contributed by atoms with Crippen molar-refractivity contribution in [1.29, 1.82) is 0 Å². The van der Waals surface area contributed by atoms with E-state index >= 15 is 0 Å². The van der Waals surface area contributed by atoms with Gasteiger partial charge in [0, 0.05) is 5.92 Å². The van der Waals surface area contributed by atoms with Gasteiger partial charge in [-0.25, -0.2) is 0 Å². The molecule has 2 saturated carbocycles. The standard InChI is InChI=1S/C24H35P/c1-17-18(2)22-15-10-16-23(24(22)19(17)3)25(20-11-6-4-7-12-20)21-13-8-5-9-14-21/h10,15-16,18,20-21H,4-9,11-14H2,1-3H3. The summed E-state index contributed by atoms with van der Waals surface area (Å²) < 4.78 is 0. The molecule has 0 spiro atoms. The zero-order valence-corrected chi connectivity index (χ0v) is 17.4. The lowest BCUT2D eigenvalue weighted by atomic mass is 9.99. The van der Waals surface area contributed by atoms with E-state index in [0.29, 0.717) is 5.92 Å². The van der Waals surface area contributed by atoms with E-state index in [2.05, 4.69) is 39.0 Å². The molecule has 0 bridgehead atoms. The highest BCUT2D eigenvalue weighted by molar-refractivity contribution is 7.67. The maximum Gasteiger partial charge on any atom is 0.00292 e. The number of hydrogen-bond donors (Lipinski definition) is 0. The van der Waals surface area contributed by atoms with Gasteiger partial charge in [0.05, 0.1) is 0 Å². The van der Waals surface area contributed by atoms with Crippen LogP contribution in [0.1, 0.15) is 102 Å². The van der Waals surface area contributed by atoms with Crippen LogP contribution >= 0.6 is 7.92 Å². The third-order valence-corrected chi connectivity index (χ3v) is 10.9. The molecule has 25 heavy (non-hydrogen) atoms. The van der Waals surface area contributed by atoms with Crippen LogP contribution in [0.4, 0.5) is 0 Å². The summed E-state index contributed by atoms with van der Waals surface area (Å²) in [7, 11) is 0.00618. The van der Waals surface area contributed by atoms with Crippen molar-refractivity contribution in [1.82, 2.24) is 0 Å². The van der Waals surface area contributed by atoms with Gasteiger partial charge in [-0.15, -0.1) is 0 Å². The first kappa shape index (κ1) is 17.8. The Balaban J connectivity index is 1.78. The zero-order valence-electron chi connectivity index (χ0n) is 16.5. The molecule has 1 unspecified atom stereocenters. The Hall–Kier alpha value is -0.610. The normalized spacial score (nSPS) is 25.7. The summed E-state index contributed by atoms with van der Waals surface area (Å²) in [5.74, 6) is 0.629. The van der Waals surface area contributed by atoms with Crippen LogP contribution < -0.4 is 5.30 Å². The maximum atomic E-state index is 2.54. The zero-order chi connectivity index (χ0) is 17.4. The lowest BCUT2D eigenvalue weighted by Crippen LogP contribution is -2.27. The van der Waals surface area contributed by atoms with Gasteiger partial charge in [-0.3, -0.25) is 0 Å². The number of fused-ring (bicyclic) bond motifs is 1. The summed E-state index contributed by atoms with van der Waals surface area (Å²) in [6, 6.07) is 7.35. The monoisotopic (exact) mass is 354 g/mol. The highest BCUT2D eigenvalue weighted by Crippen LogP contribution is 2.57. The quantitative estimate of drug-likeness (QED) is 0.497. The van der Waals surface area contributed by atoms with Gasteiger partial charge < -0.3 is 0 Å². The second-order valence-corrected chi connectivity index (χ2v) is 11.5. The molecule has 0 saturated heterocycles. The van der Waals surface area contributed by atoms with E-state index in [1.807, 2.05) is 0 Å². The van der Waals surface area contributed by atoms with Gasteiger partial charge in [-0.1, -0.05) is 77.1 Å². The highest BCUT2D eigenvalue weighted by atomic mass is 31.1. The summed E-state index contributed by atoms with van der Waals surface area (Å²) in [4.78, 5) is 0. The fourth-order valence-corrected chi connectivity index (χ4v) is 9.75. The van der Waals surface area contributed by atoms with E-state index in [9.17, 15) is 0 Å². The van der Waals surface area contributed by atoms with Crippen LogP contribution in [0.5, 0.6) is 0 Å². The number of benzene rings is 1. The van der Waals surface area contributed by atoms with Crippen molar-refractivity contribution in [2.75, 3.05) is 0 Å². The maximum absolute atomic E-state index is 2.54. The van der Waals surface area contributed by atoms with Crippen LogP contribution in [0.15, 0.2) is 23.8 Å². The lowest BCUT2D eigenvalue weighted by Gasteiger charge is -2.39. The van der Waals surface area contributed by atoms with Gasteiger partial charge in [-0.2, -0.15) is 0 Å². The Bertz CT molecular complexity index is 626. The first-order valence-corrected chi connectivity index (χ1v) is 12.3. The summed E-state index contributed by atoms with van der Waals surface area (Å²) in [5.41, 5.74) is 8.55. The van der Waals surface area contributed by atoms with E-state index < -0.39 is 0 Å². The Morgan fingerprint density at radius 1 is 0.800 bits per heavy atom. The van der Waals surface area contributed by atoms with Gasteiger partial charge in [0.15, 0.2) is 0 Å². The molecule has 0 heterocycles. The Labute approximate surface area is 156 Å². The van der Waals surface area contributed by atoms with Gasteiger partial charge in [-0.05, 0) is 72.9 Å². The predicted octanol–water partition coefficient (Wildman–Crippen LogP) is 7.37. The van der Waals surface area contributed by atoms with Crippen molar-refractivity contribution < 1.29 is 0 Å². The SMILES string of the molecule is CC1=C(C)C(C)c2cccc(P(C3CCCCC3)C3CCCCC3)c21. The third kappa shape index (κ3) is 3.25. The molecule has 0 aliphatic heterocycles. The smallest absolute Gasteiger partial charge is 0.00292 e. The van der Waals surface area contributed by atoms with Crippen molar-refractivity contribution in [3.63, 3.8) is 0 Å². The van der Waals surface area contributed by atoms with Crippen LogP contribution in [0.3, 0.4) is 0 Å². The second-order valence-electron chi connectivity index (χ2n) is 8.76. The molecule has 3 aliphatic carbocycles. The Kier molecular flexibility index (Phi) is 5.38. The lowest BCUT2D eigenvalue weighted by molar-refractivity contribution is 0.487. The van der Waals surface area contributed by atoms with E-state index in [4.69, 9.17) is 0 Å². The molecule has 0 nitrogen and oxygen atoms in total. The fourth-order valence-electron chi connectivity index (χ4n) is 5.71. The van der Waals surface area contributed by atoms with Gasteiger partial charge in [0.1, 0.15) is 0 Å². The van der Waals surface area contributed by atoms with Crippen molar-refractivity contribution in [2.45, 2.75) is 102 Å². The molecule has 3 aliphatic rings. The minimum Gasteiger partial charge on any atom is -0.0683 e. The molecule has 0 radical (unpaired) electrons. The molecule has 0 aromatic heterocycles.